The average Bonchev–Trinajstić information content (AvgIpc) is 3.89. The summed E-state index contributed by atoms with van der Waals surface area (Å²) >= 11 is 0. The van der Waals surface area contributed by atoms with E-state index in [2.05, 4.69) is 24.7 Å². The van der Waals surface area contributed by atoms with E-state index in [9.17, 15) is 22.7 Å². The van der Waals surface area contributed by atoms with E-state index in [4.69, 9.17) is 9.47 Å². The Morgan fingerprint density at radius 2 is 1.37 bits per heavy atom. The van der Waals surface area contributed by atoms with Crippen LogP contribution in [0.1, 0.15) is 27.8 Å². The molecule has 10 nitrogen and oxygen atoms in total. The van der Waals surface area contributed by atoms with Crippen LogP contribution in [0, 0.1) is 23.3 Å². The largest absolute Gasteiger partial charge is 1.00 e. The number of fused-ring (bicyclic) bond motifs is 2. The highest BCUT2D eigenvalue weighted by molar-refractivity contribution is 6.11. The van der Waals surface area contributed by atoms with Gasteiger partial charge in [0.1, 0.15) is 60.7 Å². The van der Waals surface area contributed by atoms with Crippen LogP contribution in [-0.2, 0) is 31.7 Å². The number of benzene rings is 4. The molecule has 0 aliphatic carbocycles. The first-order valence-corrected chi connectivity index (χ1v) is 15.6. The van der Waals surface area contributed by atoms with E-state index in [-0.39, 0.29) is 42.4 Å². The van der Waals surface area contributed by atoms with Crippen LogP contribution in [0.3, 0.4) is 0 Å². The van der Waals surface area contributed by atoms with Gasteiger partial charge in [0.2, 0.25) is 12.5 Å². The van der Waals surface area contributed by atoms with E-state index in [1.807, 2.05) is 42.5 Å². The van der Waals surface area contributed by atoms with Crippen LogP contribution in [0.4, 0.5) is 17.6 Å². The summed E-state index contributed by atoms with van der Waals surface area (Å²) in [6.07, 6.45) is 6.21. The topological polar surface area (TPSA) is 103 Å². The second kappa shape index (κ2) is 15.2. The SMILES string of the molecule is Fc1ccc(C2=[N+](Cc3ccccc3)CCc3cc4c(cc32)OCO4)c(F)c1.OC(Cn1cncn1)(Cn1cncn1)c1ccc(F)cc1F.[Br-]. The molecule has 2 aliphatic heterocycles. The average molecular weight is 765 g/mol. The third-order valence-electron chi connectivity index (χ3n) is 8.44. The number of halogens is 5. The summed E-state index contributed by atoms with van der Waals surface area (Å²) in [4.78, 5) is 7.57. The number of hydrogen-bond acceptors (Lipinski definition) is 7. The molecule has 0 saturated heterocycles. The van der Waals surface area contributed by atoms with Crippen LogP contribution in [0.2, 0.25) is 0 Å². The monoisotopic (exact) mass is 763 g/mol. The highest BCUT2D eigenvalue weighted by Gasteiger charge is 2.35. The maximum Gasteiger partial charge on any atom is 0.231 e. The Kier molecular flexibility index (Phi) is 10.6. The lowest BCUT2D eigenvalue weighted by Gasteiger charge is -2.28. The predicted octanol–water partition coefficient (Wildman–Crippen LogP) is 2.04. The smallest absolute Gasteiger partial charge is 0.231 e. The third kappa shape index (κ3) is 7.84. The van der Waals surface area contributed by atoms with Gasteiger partial charge >= 0.3 is 0 Å². The quantitative estimate of drug-likeness (QED) is 0.187. The minimum Gasteiger partial charge on any atom is -1.00 e. The van der Waals surface area contributed by atoms with Crippen molar-refractivity contribution in [2.45, 2.75) is 31.7 Å². The van der Waals surface area contributed by atoms with Crippen LogP contribution in [-0.4, -0.2) is 58.3 Å². The normalized spacial score (nSPS) is 13.3. The fourth-order valence-electron chi connectivity index (χ4n) is 6.16. The van der Waals surface area contributed by atoms with Crippen LogP contribution >= 0.6 is 0 Å². The minimum atomic E-state index is -1.70. The van der Waals surface area contributed by atoms with Gasteiger partial charge in [0.25, 0.3) is 0 Å². The molecule has 2 aromatic heterocycles. The van der Waals surface area contributed by atoms with Gasteiger partial charge in [-0.15, -0.1) is 0 Å². The number of hydrogen-bond donors (Lipinski definition) is 1. The predicted molar refractivity (Wildman–Crippen MR) is 171 cm³/mol. The highest BCUT2D eigenvalue weighted by atomic mass is 79.9. The molecule has 2 aliphatic rings. The van der Waals surface area contributed by atoms with Crippen LogP contribution in [0.25, 0.3) is 0 Å². The molecular weight excluding hydrogens is 734 g/mol. The molecule has 0 radical (unpaired) electrons. The lowest BCUT2D eigenvalue weighted by atomic mass is 9.91. The molecule has 6 aromatic rings. The Hall–Kier alpha value is -5.41. The van der Waals surface area contributed by atoms with E-state index in [1.165, 1.54) is 52.9 Å². The van der Waals surface area contributed by atoms with Gasteiger partial charge in [-0.3, -0.25) is 0 Å². The van der Waals surface area contributed by atoms with Crippen molar-refractivity contribution in [2.24, 2.45) is 0 Å². The molecule has 4 aromatic carbocycles. The molecular formula is C36H30BrF4N7O3. The fraction of sp³-hybridized carbons (Fsp3) is 0.194. The number of ether oxygens (including phenoxy) is 2. The minimum absolute atomic E-state index is 0. The Morgan fingerprint density at radius 3 is 1.98 bits per heavy atom. The van der Waals surface area contributed by atoms with Crippen molar-refractivity contribution in [2.75, 3.05) is 13.3 Å². The molecule has 0 fully saturated rings. The summed E-state index contributed by atoms with van der Waals surface area (Å²) in [5, 5.41) is 18.8. The van der Waals surface area contributed by atoms with Gasteiger partial charge < -0.3 is 31.6 Å². The first kappa shape index (κ1) is 35.4. The molecule has 0 atom stereocenters. The van der Waals surface area contributed by atoms with E-state index in [0.29, 0.717) is 23.6 Å². The summed E-state index contributed by atoms with van der Waals surface area (Å²) in [6.45, 7) is 1.41. The lowest BCUT2D eigenvalue weighted by molar-refractivity contribution is -0.544. The van der Waals surface area contributed by atoms with E-state index in [0.717, 1.165) is 53.6 Å². The van der Waals surface area contributed by atoms with E-state index >= 15 is 0 Å². The van der Waals surface area contributed by atoms with Crippen LogP contribution in [0.5, 0.6) is 11.5 Å². The molecule has 4 heterocycles. The van der Waals surface area contributed by atoms with Gasteiger partial charge in [0, 0.05) is 29.7 Å². The van der Waals surface area contributed by atoms with Crippen molar-refractivity contribution < 1.29 is 53.7 Å². The Bertz CT molecular complexity index is 2110. The Balaban J connectivity index is 0.000000178. The Morgan fingerprint density at radius 1 is 0.745 bits per heavy atom. The van der Waals surface area contributed by atoms with Crippen molar-refractivity contribution in [1.82, 2.24) is 29.5 Å². The maximum atomic E-state index is 14.8. The zero-order valence-electron chi connectivity index (χ0n) is 26.8. The van der Waals surface area contributed by atoms with Crippen LogP contribution in [0.15, 0.2) is 104 Å². The molecule has 51 heavy (non-hydrogen) atoms. The molecule has 262 valence electrons. The first-order valence-electron chi connectivity index (χ1n) is 15.6. The van der Waals surface area contributed by atoms with Crippen molar-refractivity contribution >= 4 is 5.71 Å². The third-order valence-corrected chi connectivity index (χ3v) is 8.44. The van der Waals surface area contributed by atoms with Crippen molar-refractivity contribution in [3.63, 3.8) is 0 Å². The molecule has 1 N–H and O–H groups in total. The molecule has 0 saturated carbocycles. The number of nitrogens with zero attached hydrogens (tertiary/aromatic N) is 7. The fourth-order valence-corrected chi connectivity index (χ4v) is 6.16. The maximum absolute atomic E-state index is 14.8. The summed E-state index contributed by atoms with van der Waals surface area (Å²) in [5.41, 5.74) is 2.49. The summed E-state index contributed by atoms with van der Waals surface area (Å²) in [7, 11) is 0. The molecule has 0 amide bonds. The van der Waals surface area contributed by atoms with Crippen LogP contribution < -0.4 is 26.5 Å². The molecule has 15 heteroatoms. The second-order valence-corrected chi connectivity index (χ2v) is 11.8. The lowest BCUT2D eigenvalue weighted by Crippen LogP contribution is -3.00. The Labute approximate surface area is 300 Å². The summed E-state index contributed by atoms with van der Waals surface area (Å²) < 4.78 is 71.4. The number of aliphatic hydroxyl groups is 1. The van der Waals surface area contributed by atoms with Gasteiger partial charge in [0.15, 0.2) is 18.0 Å². The van der Waals surface area contributed by atoms with Crippen molar-refractivity contribution in [3.8, 4) is 11.5 Å². The summed E-state index contributed by atoms with van der Waals surface area (Å²) in [5.74, 6) is -1.35. The van der Waals surface area contributed by atoms with E-state index in [1.54, 1.807) is 0 Å². The van der Waals surface area contributed by atoms with Gasteiger partial charge in [-0.1, -0.05) is 36.4 Å². The molecule has 0 bridgehead atoms. The second-order valence-electron chi connectivity index (χ2n) is 11.8. The zero-order chi connectivity index (χ0) is 34.7. The van der Waals surface area contributed by atoms with Gasteiger partial charge in [-0.05, 0) is 35.9 Å². The first-order chi connectivity index (χ1) is 24.3. The van der Waals surface area contributed by atoms with Gasteiger partial charge in [-0.2, -0.15) is 10.2 Å². The zero-order valence-corrected chi connectivity index (χ0v) is 28.4. The molecule has 0 spiro atoms. The van der Waals surface area contributed by atoms with Gasteiger partial charge in [-0.25, -0.2) is 41.5 Å². The van der Waals surface area contributed by atoms with E-state index < -0.39 is 28.9 Å². The summed E-state index contributed by atoms with van der Waals surface area (Å²) in [6, 6.07) is 20.7. The number of rotatable bonds is 8. The van der Waals surface area contributed by atoms with Gasteiger partial charge in [0.05, 0.1) is 24.2 Å². The molecule has 0 unspecified atom stereocenters. The standard InChI is InChI=1S/C23H18F2NO2.C13H12F2N6O.BrH/c24-17-6-7-18(20(25)11-17)23-19-12-22-21(27-14-28-22)10-16(19)8-9-26(23)13-15-4-2-1-3-5-15;14-10-1-2-11(12(15)3-10)13(22,4-20-8-16-6-18-20)5-21-9-17-7-19-21;/h1-7,10-12H,8-9,13-14H2;1-3,6-9,22H,4-5H2;1H/q+1;;/p-1. The molecule has 8 rings (SSSR count). The van der Waals surface area contributed by atoms with Crippen molar-refractivity contribution in [1.29, 1.82) is 0 Å². The highest BCUT2D eigenvalue weighted by Crippen LogP contribution is 2.37. The van der Waals surface area contributed by atoms with Crippen molar-refractivity contribution in [3.05, 3.63) is 155 Å². The number of aromatic nitrogens is 6.